The summed E-state index contributed by atoms with van der Waals surface area (Å²) in [6.07, 6.45) is 0. The largest absolute Gasteiger partial charge is 0.465 e. The van der Waals surface area contributed by atoms with Crippen LogP contribution in [0.1, 0.15) is 31.3 Å². The van der Waals surface area contributed by atoms with Gasteiger partial charge in [0.2, 0.25) is 0 Å². The number of carbonyl (C=O) groups is 4. The fraction of sp³-hybridized carbons (Fsp3) is 0.125. The number of carbonyl (C=O) groups excluding carboxylic acids is 4. The number of thiazole rings is 1. The summed E-state index contributed by atoms with van der Waals surface area (Å²) in [5, 5.41) is 5.79. The molecule has 184 valence electrons. The highest BCUT2D eigenvalue weighted by Gasteiger charge is 2.39. The number of ether oxygens (including phenoxy) is 1. The number of hydrogen-bond donors (Lipinski definition) is 2. The van der Waals surface area contributed by atoms with E-state index in [1.807, 2.05) is 0 Å². The summed E-state index contributed by atoms with van der Waals surface area (Å²) in [5.41, 5.74) is 1.89. The highest BCUT2D eigenvalue weighted by molar-refractivity contribution is 7.17. The molecule has 3 aromatic rings. The van der Waals surface area contributed by atoms with Gasteiger partial charge >= 0.3 is 5.97 Å². The van der Waals surface area contributed by atoms with Crippen LogP contribution in [0.5, 0.6) is 0 Å². The minimum atomic E-state index is -0.691. The number of aromatic nitrogens is 1. The lowest BCUT2D eigenvalue weighted by atomic mass is 10.1. The number of imide groups is 1. The third kappa shape index (κ3) is 4.83. The molecular weight excluding hydrogens is 527 g/mol. The van der Waals surface area contributed by atoms with Crippen LogP contribution in [-0.4, -0.2) is 35.8 Å². The first-order valence-corrected chi connectivity index (χ1v) is 12.0. The number of nitrogens with zero attached hydrogens (tertiary/aromatic N) is 2. The Morgan fingerprint density at radius 2 is 1.81 bits per heavy atom. The van der Waals surface area contributed by atoms with Gasteiger partial charge in [0.25, 0.3) is 17.7 Å². The van der Waals surface area contributed by atoms with E-state index < -0.39 is 23.7 Å². The Morgan fingerprint density at radius 1 is 1.06 bits per heavy atom. The molecule has 0 spiro atoms. The van der Waals surface area contributed by atoms with Gasteiger partial charge in [0, 0.05) is 16.3 Å². The second-order valence-electron chi connectivity index (χ2n) is 7.65. The van der Waals surface area contributed by atoms with Crippen molar-refractivity contribution in [2.24, 2.45) is 0 Å². The zero-order valence-corrected chi connectivity index (χ0v) is 21.5. The van der Waals surface area contributed by atoms with Gasteiger partial charge in [-0.15, -0.1) is 0 Å². The molecule has 3 amide bonds. The smallest absolute Gasteiger partial charge is 0.350 e. The number of methoxy groups -OCH3 is 1. The topological polar surface area (TPSA) is 118 Å². The van der Waals surface area contributed by atoms with Gasteiger partial charge in [0.05, 0.1) is 18.5 Å². The quantitative estimate of drug-likeness (QED) is 0.335. The summed E-state index contributed by atoms with van der Waals surface area (Å²) in [7, 11) is 1.26. The molecule has 2 N–H and O–H groups in total. The van der Waals surface area contributed by atoms with E-state index >= 15 is 0 Å². The molecule has 4 rings (SSSR count). The van der Waals surface area contributed by atoms with Gasteiger partial charge in [-0.1, -0.05) is 46.7 Å². The Balaban J connectivity index is 1.54. The summed E-state index contributed by atoms with van der Waals surface area (Å²) in [6, 6.07) is 11.1. The van der Waals surface area contributed by atoms with Crippen molar-refractivity contribution < 1.29 is 23.9 Å². The Labute approximate surface area is 219 Å². The number of rotatable bonds is 6. The second kappa shape index (κ2) is 10.1. The fourth-order valence-corrected chi connectivity index (χ4v) is 4.70. The third-order valence-corrected chi connectivity index (χ3v) is 6.86. The van der Waals surface area contributed by atoms with E-state index in [-0.39, 0.29) is 26.3 Å². The number of nitrogens with one attached hydrogen (secondary N) is 2. The Bertz CT molecular complexity index is 1470. The van der Waals surface area contributed by atoms with Crippen molar-refractivity contribution in [3.8, 4) is 0 Å². The molecule has 12 heteroatoms. The number of aryl methyl sites for hydroxylation is 2. The van der Waals surface area contributed by atoms with Gasteiger partial charge in [-0.25, -0.2) is 14.7 Å². The minimum absolute atomic E-state index is 0.128. The van der Waals surface area contributed by atoms with Crippen LogP contribution in [0.15, 0.2) is 53.2 Å². The second-order valence-corrected chi connectivity index (χ2v) is 9.46. The summed E-state index contributed by atoms with van der Waals surface area (Å²) >= 11 is 13.3. The van der Waals surface area contributed by atoms with Gasteiger partial charge in [0.15, 0.2) is 5.13 Å². The first kappa shape index (κ1) is 25.4. The number of esters is 1. The number of anilines is 3. The summed E-state index contributed by atoms with van der Waals surface area (Å²) in [4.78, 5) is 55.9. The molecule has 0 saturated carbocycles. The predicted octanol–water partition coefficient (Wildman–Crippen LogP) is 4.89. The van der Waals surface area contributed by atoms with Crippen LogP contribution < -0.4 is 15.5 Å². The van der Waals surface area contributed by atoms with E-state index in [0.717, 1.165) is 16.2 Å². The highest BCUT2D eigenvalue weighted by atomic mass is 35.5. The summed E-state index contributed by atoms with van der Waals surface area (Å²) < 4.78 is 4.71. The Morgan fingerprint density at radius 3 is 2.53 bits per heavy atom. The van der Waals surface area contributed by atoms with Gasteiger partial charge in [0.1, 0.15) is 15.6 Å². The van der Waals surface area contributed by atoms with Gasteiger partial charge in [-0.2, -0.15) is 0 Å². The summed E-state index contributed by atoms with van der Waals surface area (Å²) in [6.45, 7) is 3.38. The molecule has 0 fully saturated rings. The van der Waals surface area contributed by atoms with Crippen molar-refractivity contribution in [1.29, 1.82) is 0 Å². The van der Waals surface area contributed by atoms with E-state index in [1.54, 1.807) is 44.2 Å². The first-order chi connectivity index (χ1) is 17.1. The van der Waals surface area contributed by atoms with E-state index in [9.17, 15) is 19.2 Å². The van der Waals surface area contributed by atoms with Crippen LogP contribution in [-0.2, 0) is 14.3 Å². The average molecular weight is 545 g/mol. The van der Waals surface area contributed by atoms with Gasteiger partial charge in [-0.3, -0.25) is 19.7 Å². The third-order valence-electron chi connectivity index (χ3n) is 5.22. The maximum absolute atomic E-state index is 13.1. The molecule has 0 saturated heterocycles. The molecule has 0 bridgehead atoms. The maximum atomic E-state index is 13.1. The van der Waals surface area contributed by atoms with Crippen LogP contribution in [0.3, 0.4) is 0 Å². The molecule has 2 heterocycles. The molecule has 9 nitrogen and oxygen atoms in total. The molecule has 1 aromatic heterocycles. The zero-order chi connectivity index (χ0) is 26.1. The monoisotopic (exact) mass is 544 g/mol. The lowest BCUT2D eigenvalue weighted by Crippen LogP contribution is -2.32. The van der Waals surface area contributed by atoms with Crippen molar-refractivity contribution in [2.45, 2.75) is 13.8 Å². The van der Waals surface area contributed by atoms with E-state index in [0.29, 0.717) is 27.7 Å². The lowest BCUT2D eigenvalue weighted by Gasteiger charge is -2.18. The molecule has 1 aliphatic rings. The minimum Gasteiger partial charge on any atom is -0.465 e. The molecular formula is C24H18Cl2N4O5S. The van der Waals surface area contributed by atoms with E-state index in [1.165, 1.54) is 19.2 Å². The number of benzene rings is 2. The normalized spacial score (nSPS) is 13.3. The predicted molar refractivity (Wildman–Crippen MR) is 138 cm³/mol. The molecule has 0 unspecified atom stereocenters. The Kier molecular flexibility index (Phi) is 7.11. The molecule has 2 aromatic carbocycles. The number of amides is 3. The fourth-order valence-electron chi connectivity index (χ4n) is 3.44. The first-order valence-electron chi connectivity index (χ1n) is 10.4. The van der Waals surface area contributed by atoms with Crippen LogP contribution in [0.4, 0.5) is 16.5 Å². The van der Waals surface area contributed by atoms with Crippen LogP contribution in [0, 0.1) is 13.8 Å². The van der Waals surface area contributed by atoms with Crippen molar-refractivity contribution in [3.63, 3.8) is 0 Å². The summed E-state index contributed by atoms with van der Waals surface area (Å²) in [5.74, 6) is -2.38. The number of halogens is 2. The number of hydrogen-bond acceptors (Lipinski definition) is 8. The van der Waals surface area contributed by atoms with Crippen molar-refractivity contribution in [3.05, 3.63) is 79.9 Å². The van der Waals surface area contributed by atoms with Crippen molar-refractivity contribution >= 4 is 74.7 Å². The molecule has 0 radical (unpaired) electrons. The lowest BCUT2D eigenvalue weighted by molar-refractivity contribution is -0.120. The molecule has 36 heavy (non-hydrogen) atoms. The standard InChI is InChI=1S/C24H18Cl2N4O5S/c1-11-7-8-14(25)10-16(11)30-21(32)17(26)18(22(30)33)28-15-6-4-5-13(9-15)20(31)29-24-27-12(2)19(36-24)23(34)35-3/h4-10,28H,1-3H3,(H,27,29,31). The van der Waals surface area contributed by atoms with Crippen molar-refractivity contribution in [2.75, 3.05) is 22.6 Å². The van der Waals surface area contributed by atoms with Gasteiger partial charge < -0.3 is 10.1 Å². The van der Waals surface area contributed by atoms with Crippen LogP contribution in [0.25, 0.3) is 0 Å². The molecule has 0 aliphatic carbocycles. The maximum Gasteiger partial charge on any atom is 0.350 e. The Hall–Kier alpha value is -3.73. The SMILES string of the molecule is COC(=O)c1sc(NC(=O)c2cccc(NC3=C(Cl)C(=O)N(c4cc(Cl)ccc4C)C3=O)c2)nc1C. The average Bonchev–Trinajstić information content (AvgIpc) is 3.32. The molecule has 0 atom stereocenters. The highest BCUT2D eigenvalue weighted by Crippen LogP contribution is 2.33. The van der Waals surface area contributed by atoms with Crippen LogP contribution >= 0.6 is 34.5 Å². The van der Waals surface area contributed by atoms with E-state index in [2.05, 4.69) is 15.6 Å². The van der Waals surface area contributed by atoms with Crippen LogP contribution in [0.2, 0.25) is 5.02 Å². The molecule has 1 aliphatic heterocycles. The van der Waals surface area contributed by atoms with Gasteiger partial charge in [-0.05, 0) is 49.7 Å². The van der Waals surface area contributed by atoms with E-state index in [4.69, 9.17) is 27.9 Å². The van der Waals surface area contributed by atoms with Crippen molar-refractivity contribution in [1.82, 2.24) is 4.98 Å². The zero-order valence-electron chi connectivity index (χ0n) is 19.1.